The summed E-state index contributed by atoms with van der Waals surface area (Å²) in [6.07, 6.45) is 0. The van der Waals surface area contributed by atoms with Crippen molar-refractivity contribution < 1.29 is 14.2 Å². The molecular weight excluding hydrogens is 384 g/mol. The summed E-state index contributed by atoms with van der Waals surface area (Å²) in [5.74, 6) is 2.09. The van der Waals surface area contributed by atoms with Crippen LogP contribution >= 0.6 is 23.8 Å². The van der Waals surface area contributed by atoms with Crippen molar-refractivity contribution in [3.8, 4) is 17.2 Å². The molecule has 0 aliphatic rings. The second-order valence-electron chi connectivity index (χ2n) is 5.74. The summed E-state index contributed by atoms with van der Waals surface area (Å²) >= 11 is 11.6. The van der Waals surface area contributed by atoms with Crippen LogP contribution in [0.5, 0.6) is 17.2 Å². The van der Waals surface area contributed by atoms with Crippen LogP contribution in [0.4, 0.5) is 5.69 Å². The van der Waals surface area contributed by atoms with E-state index in [9.17, 15) is 0 Å². The normalized spacial score (nSPS) is 11.4. The third-order valence-corrected chi connectivity index (χ3v) is 4.34. The van der Waals surface area contributed by atoms with Crippen LogP contribution < -0.4 is 24.8 Å². The SMILES string of the molecule is CCOc1ccc(C(C)NC(=S)Nc2ccc(OC)c(Cl)c2)cc1OCC. The van der Waals surface area contributed by atoms with Gasteiger partial charge in [-0.1, -0.05) is 17.7 Å². The summed E-state index contributed by atoms with van der Waals surface area (Å²) in [4.78, 5) is 0. The van der Waals surface area contributed by atoms with Gasteiger partial charge in [-0.25, -0.2) is 0 Å². The number of anilines is 1. The van der Waals surface area contributed by atoms with E-state index in [2.05, 4.69) is 10.6 Å². The van der Waals surface area contributed by atoms with Gasteiger partial charge in [0.25, 0.3) is 0 Å². The Hall–Kier alpha value is -2.18. The first-order valence-electron chi connectivity index (χ1n) is 8.79. The van der Waals surface area contributed by atoms with E-state index in [0.717, 1.165) is 22.7 Å². The van der Waals surface area contributed by atoms with E-state index in [1.54, 1.807) is 19.2 Å². The molecule has 1 atom stereocenters. The number of methoxy groups -OCH3 is 1. The van der Waals surface area contributed by atoms with Gasteiger partial charge in [0, 0.05) is 5.69 Å². The maximum Gasteiger partial charge on any atom is 0.171 e. The molecule has 0 saturated heterocycles. The fourth-order valence-corrected chi connectivity index (χ4v) is 3.08. The van der Waals surface area contributed by atoms with E-state index in [4.69, 9.17) is 38.0 Å². The minimum atomic E-state index is -0.0198. The van der Waals surface area contributed by atoms with Crippen molar-refractivity contribution in [3.05, 3.63) is 47.0 Å². The van der Waals surface area contributed by atoms with Crippen LogP contribution in [0.25, 0.3) is 0 Å². The van der Waals surface area contributed by atoms with Gasteiger partial charge in [0.2, 0.25) is 0 Å². The molecule has 0 aliphatic carbocycles. The highest BCUT2D eigenvalue weighted by molar-refractivity contribution is 7.80. The first-order valence-corrected chi connectivity index (χ1v) is 9.57. The Labute approximate surface area is 171 Å². The summed E-state index contributed by atoms with van der Waals surface area (Å²) < 4.78 is 16.5. The van der Waals surface area contributed by atoms with Crippen molar-refractivity contribution in [2.45, 2.75) is 26.8 Å². The molecule has 0 fully saturated rings. The summed E-state index contributed by atoms with van der Waals surface area (Å²) in [5.41, 5.74) is 1.83. The quantitative estimate of drug-likeness (QED) is 0.586. The predicted molar refractivity (Wildman–Crippen MR) is 115 cm³/mol. The van der Waals surface area contributed by atoms with Crippen molar-refractivity contribution in [3.63, 3.8) is 0 Å². The van der Waals surface area contributed by atoms with Gasteiger partial charge in [0.1, 0.15) is 5.75 Å². The van der Waals surface area contributed by atoms with Gasteiger partial charge in [0.15, 0.2) is 16.6 Å². The van der Waals surface area contributed by atoms with E-state index in [1.807, 2.05) is 45.0 Å². The molecule has 0 spiro atoms. The summed E-state index contributed by atoms with van der Waals surface area (Å²) in [6.45, 7) is 7.09. The summed E-state index contributed by atoms with van der Waals surface area (Å²) in [6, 6.07) is 11.3. The standard InChI is InChI=1S/C20H25ClN2O3S/c1-5-25-18-9-7-14(11-19(18)26-6-2)13(3)22-20(27)23-15-8-10-17(24-4)16(21)12-15/h7-13H,5-6H2,1-4H3,(H2,22,23,27). The predicted octanol–water partition coefficient (Wildman–Crippen LogP) is 5.19. The monoisotopic (exact) mass is 408 g/mol. The minimum absolute atomic E-state index is 0.0198. The van der Waals surface area contributed by atoms with Crippen LogP contribution in [0.15, 0.2) is 36.4 Å². The molecule has 2 aromatic carbocycles. The lowest BCUT2D eigenvalue weighted by molar-refractivity contribution is 0.287. The van der Waals surface area contributed by atoms with Crippen molar-refractivity contribution >= 4 is 34.6 Å². The zero-order chi connectivity index (χ0) is 19.8. The van der Waals surface area contributed by atoms with E-state index in [1.165, 1.54) is 0 Å². The number of halogens is 1. The third kappa shape index (κ3) is 5.91. The topological polar surface area (TPSA) is 51.8 Å². The molecule has 0 amide bonds. The Morgan fingerprint density at radius 1 is 1.04 bits per heavy atom. The first-order chi connectivity index (χ1) is 13.0. The third-order valence-electron chi connectivity index (χ3n) is 3.82. The van der Waals surface area contributed by atoms with E-state index >= 15 is 0 Å². The molecule has 0 aromatic heterocycles. The zero-order valence-corrected chi connectivity index (χ0v) is 17.5. The lowest BCUT2D eigenvalue weighted by Gasteiger charge is -2.19. The molecule has 0 radical (unpaired) electrons. The van der Waals surface area contributed by atoms with Crippen molar-refractivity contribution in [2.24, 2.45) is 0 Å². The Morgan fingerprint density at radius 2 is 1.70 bits per heavy atom. The smallest absolute Gasteiger partial charge is 0.171 e. The number of ether oxygens (including phenoxy) is 3. The highest BCUT2D eigenvalue weighted by Gasteiger charge is 2.12. The van der Waals surface area contributed by atoms with Gasteiger partial charge in [-0.3, -0.25) is 0 Å². The number of rotatable bonds is 8. The summed E-state index contributed by atoms with van der Waals surface area (Å²) in [7, 11) is 1.58. The molecule has 2 rings (SSSR count). The highest BCUT2D eigenvalue weighted by Crippen LogP contribution is 2.31. The average Bonchev–Trinajstić information content (AvgIpc) is 2.63. The van der Waals surface area contributed by atoms with Crippen LogP contribution in [-0.4, -0.2) is 25.4 Å². The number of hydrogen-bond acceptors (Lipinski definition) is 4. The molecule has 27 heavy (non-hydrogen) atoms. The fourth-order valence-electron chi connectivity index (χ4n) is 2.53. The van der Waals surface area contributed by atoms with Crippen molar-refractivity contribution in [2.75, 3.05) is 25.6 Å². The van der Waals surface area contributed by atoms with Gasteiger partial charge in [-0.15, -0.1) is 0 Å². The number of hydrogen-bond donors (Lipinski definition) is 2. The number of nitrogens with one attached hydrogen (secondary N) is 2. The molecule has 1 unspecified atom stereocenters. The summed E-state index contributed by atoms with van der Waals surface area (Å²) in [5, 5.41) is 7.41. The van der Waals surface area contributed by atoms with Crippen LogP contribution in [0.3, 0.4) is 0 Å². The van der Waals surface area contributed by atoms with E-state index in [0.29, 0.717) is 29.1 Å². The van der Waals surface area contributed by atoms with Crippen LogP contribution in [-0.2, 0) is 0 Å². The van der Waals surface area contributed by atoms with E-state index < -0.39 is 0 Å². The van der Waals surface area contributed by atoms with Crippen LogP contribution in [0.1, 0.15) is 32.4 Å². The molecule has 0 saturated carbocycles. The van der Waals surface area contributed by atoms with Crippen molar-refractivity contribution in [1.82, 2.24) is 5.32 Å². The minimum Gasteiger partial charge on any atom is -0.495 e. The van der Waals surface area contributed by atoms with E-state index in [-0.39, 0.29) is 6.04 Å². The Balaban J connectivity index is 2.05. The Kier molecular flexibility index (Phi) is 8.00. The zero-order valence-electron chi connectivity index (χ0n) is 16.0. The van der Waals surface area contributed by atoms with Gasteiger partial charge < -0.3 is 24.8 Å². The van der Waals surface area contributed by atoms with Crippen LogP contribution in [0, 0.1) is 0 Å². The van der Waals surface area contributed by atoms with Gasteiger partial charge in [-0.05, 0) is 68.9 Å². The average molecular weight is 409 g/mol. The van der Waals surface area contributed by atoms with Crippen LogP contribution in [0.2, 0.25) is 5.02 Å². The molecular formula is C20H25ClN2O3S. The molecule has 0 bridgehead atoms. The Bertz CT molecular complexity index is 786. The van der Waals surface area contributed by atoms with Gasteiger partial charge in [-0.2, -0.15) is 0 Å². The lowest BCUT2D eigenvalue weighted by atomic mass is 10.1. The molecule has 0 heterocycles. The Morgan fingerprint density at radius 3 is 2.33 bits per heavy atom. The second-order valence-corrected chi connectivity index (χ2v) is 6.56. The molecule has 2 aromatic rings. The van der Waals surface area contributed by atoms with Gasteiger partial charge >= 0.3 is 0 Å². The molecule has 146 valence electrons. The maximum atomic E-state index is 6.15. The maximum absolute atomic E-state index is 6.15. The molecule has 5 nitrogen and oxygen atoms in total. The van der Waals surface area contributed by atoms with Crippen molar-refractivity contribution in [1.29, 1.82) is 0 Å². The largest absolute Gasteiger partial charge is 0.495 e. The number of thiocarbonyl (C=S) groups is 1. The lowest BCUT2D eigenvalue weighted by Crippen LogP contribution is -2.30. The molecule has 0 aliphatic heterocycles. The molecule has 7 heteroatoms. The van der Waals surface area contributed by atoms with Gasteiger partial charge in [0.05, 0.1) is 31.4 Å². The fraction of sp³-hybridized carbons (Fsp3) is 0.350. The first kappa shape index (κ1) is 21.1. The second kappa shape index (κ2) is 10.2. The number of benzene rings is 2. The highest BCUT2D eigenvalue weighted by atomic mass is 35.5. The molecule has 2 N–H and O–H groups in total.